The Hall–Kier alpha value is -1.03. The van der Waals surface area contributed by atoms with Gasteiger partial charge in [0, 0.05) is 40.3 Å². The Labute approximate surface area is 137 Å². The average Bonchev–Trinajstić information content (AvgIpc) is 2.91. The molecule has 2 aromatic rings. The fourth-order valence-corrected chi connectivity index (χ4v) is 4.25. The largest absolute Gasteiger partial charge is 0.281 e. The highest BCUT2D eigenvalue weighted by Gasteiger charge is 2.24. The molecule has 1 aromatic carbocycles. The van der Waals surface area contributed by atoms with Crippen LogP contribution in [0.4, 0.5) is 0 Å². The van der Waals surface area contributed by atoms with E-state index >= 15 is 0 Å². The maximum absolute atomic E-state index is 9.24. The maximum Gasteiger partial charge on any atom is 0.110 e. The van der Waals surface area contributed by atoms with Crippen molar-refractivity contribution in [2.45, 2.75) is 25.7 Å². The van der Waals surface area contributed by atoms with E-state index in [4.69, 9.17) is 0 Å². The number of benzene rings is 1. The van der Waals surface area contributed by atoms with E-state index in [9.17, 15) is 5.26 Å². The monoisotopic (exact) mass is 364 g/mol. The van der Waals surface area contributed by atoms with Gasteiger partial charge in [-0.25, -0.2) is 0 Å². The molecule has 0 amide bonds. The van der Waals surface area contributed by atoms with Crippen LogP contribution in [0, 0.1) is 11.3 Å². The third-order valence-electron chi connectivity index (χ3n) is 3.95. The molecule has 1 aliphatic rings. The van der Waals surface area contributed by atoms with Gasteiger partial charge in [-0.1, -0.05) is 34.8 Å². The Morgan fingerprint density at radius 3 is 2.90 bits per heavy atom. The second kappa shape index (κ2) is 6.39. The molecule has 0 aliphatic carbocycles. The van der Waals surface area contributed by atoms with Crippen molar-refractivity contribution >= 4 is 38.8 Å². The molecule has 110 valence electrons. The first kappa shape index (κ1) is 14.9. The van der Waals surface area contributed by atoms with Crippen molar-refractivity contribution in [3.63, 3.8) is 0 Å². The van der Waals surface area contributed by atoms with E-state index < -0.39 is 0 Å². The highest BCUT2D eigenvalue weighted by atomic mass is 79.9. The summed E-state index contributed by atoms with van der Waals surface area (Å²) >= 11 is 5.41. The maximum atomic E-state index is 9.24. The number of nitriles is 1. The summed E-state index contributed by atoms with van der Waals surface area (Å²) in [4.78, 5) is 0. The molecule has 4 nitrogen and oxygen atoms in total. The highest BCUT2D eigenvalue weighted by Crippen LogP contribution is 2.35. The van der Waals surface area contributed by atoms with Crippen LogP contribution in [0.15, 0.2) is 16.6 Å². The summed E-state index contributed by atoms with van der Waals surface area (Å²) in [5.41, 5.74) is 2.60. The van der Waals surface area contributed by atoms with Crippen molar-refractivity contribution in [3.8, 4) is 6.07 Å². The van der Waals surface area contributed by atoms with Crippen LogP contribution in [-0.4, -0.2) is 33.3 Å². The number of hydrogen-bond donors (Lipinski definition) is 1. The molecule has 2 heterocycles. The van der Waals surface area contributed by atoms with E-state index in [1.54, 1.807) is 0 Å². The van der Waals surface area contributed by atoms with Gasteiger partial charge in [0.15, 0.2) is 0 Å². The quantitative estimate of drug-likeness (QED) is 0.834. The Balaban J connectivity index is 1.89. The molecule has 3 rings (SSSR count). The summed E-state index contributed by atoms with van der Waals surface area (Å²) in [7, 11) is 0. The summed E-state index contributed by atoms with van der Waals surface area (Å²) < 4.78 is 3.39. The number of aromatic amines is 1. The molecule has 0 bridgehead atoms. The molecule has 0 unspecified atom stereocenters. The van der Waals surface area contributed by atoms with Crippen LogP contribution >= 0.6 is 27.9 Å². The SMILES string of the molecule is CCSN1CCC(c2[nH]nc3c(C#N)cc(Br)cc23)CC1. The van der Waals surface area contributed by atoms with Crippen molar-refractivity contribution in [3.05, 3.63) is 27.9 Å². The first-order chi connectivity index (χ1) is 10.2. The van der Waals surface area contributed by atoms with Gasteiger partial charge >= 0.3 is 0 Å². The second-order valence-electron chi connectivity index (χ2n) is 5.22. The molecule has 1 aromatic heterocycles. The van der Waals surface area contributed by atoms with Crippen LogP contribution < -0.4 is 0 Å². The van der Waals surface area contributed by atoms with Crippen LogP contribution in [0.2, 0.25) is 0 Å². The van der Waals surface area contributed by atoms with Gasteiger partial charge in [0.1, 0.15) is 11.6 Å². The zero-order valence-corrected chi connectivity index (χ0v) is 14.3. The molecule has 6 heteroatoms. The number of rotatable bonds is 3. The molecule has 1 N–H and O–H groups in total. The number of hydrogen-bond acceptors (Lipinski definition) is 4. The van der Waals surface area contributed by atoms with Crippen molar-refractivity contribution in [1.82, 2.24) is 14.5 Å². The average molecular weight is 365 g/mol. The Bertz CT molecular complexity index is 683. The van der Waals surface area contributed by atoms with E-state index in [-0.39, 0.29) is 0 Å². The number of halogens is 1. The summed E-state index contributed by atoms with van der Waals surface area (Å²) in [5, 5.41) is 17.9. The summed E-state index contributed by atoms with van der Waals surface area (Å²) in [5.74, 6) is 1.64. The molecule has 0 saturated carbocycles. The van der Waals surface area contributed by atoms with E-state index in [2.05, 4.69) is 49.5 Å². The minimum absolute atomic E-state index is 0.504. The van der Waals surface area contributed by atoms with Gasteiger partial charge in [-0.2, -0.15) is 10.4 Å². The molecule has 0 spiro atoms. The molecule has 1 saturated heterocycles. The molecular formula is C15H17BrN4S. The number of nitrogens with zero attached hydrogens (tertiary/aromatic N) is 3. The lowest BCUT2D eigenvalue weighted by Gasteiger charge is -2.30. The zero-order chi connectivity index (χ0) is 14.8. The van der Waals surface area contributed by atoms with Crippen LogP contribution in [0.1, 0.15) is 36.9 Å². The third kappa shape index (κ3) is 2.96. The number of nitrogens with one attached hydrogen (secondary N) is 1. The predicted octanol–water partition coefficient (Wildman–Crippen LogP) is 4.04. The van der Waals surface area contributed by atoms with E-state index in [1.807, 2.05) is 18.0 Å². The second-order valence-corrected chi connectivity index (χ2v) is 7.49. The van der Waals surface area contributed by atoms with Crippen molar-refractivity contribution in [1.29, 1.82) is 5.26 Å². The van der Waals surface area contributed by atoms with Gasteiger partial charge in [0.2, 0.25) is 0 Å². The van der Waals surface area contributed by atoms with Gasteiger partial charge in [-0.05, 0) is 25.0 Å². The minimum atomic E-state index is 0.504. The summed E-state index contributed by atoms with van der Waals surface area (Å²) in [6.07, 6.45) is 2.28. The molecule has 1 aliphatic heterocycles. The Morgan fingerprint density at radius 2 is 2.24 bits per heavy atom. The van der Waals surface area contributed by atoms with Gasteiger partial charge in [-0.3, -0.25) is 9.40 Å². The van der Waals surface area contributed by atoms with Crippen LogP contribution in [0.3, 0.4) is 0 Å². The zero-order valence-electron chi connectivity index (χ0n) is 11.9. The predicted molar refractivity (Wildman–Crippen MR) is 90.2 cm³/mol. The van der Waals surface area contributed by atoms with Crippen molar-refractivity contribution in [2.24, 2.45) is 0 Å². The van der Waals surface area contributed by atoms with Crippen molar-refractivity contribution < 1.29 is 0 Å². The first-order valence-electron chi connectivity index (χ1n) is 7.18. The number of fused-ring (bicyclic) bond motifs is 1. The molecule has 21 heavy (non-hydrogen) atoms. The number of piperidine rings is 1. The lowest BCUT2D eigenvalue weighted by Crippen LogP contribution is -2.27. The number of H-pyrrole nitrogens is 1. The van der Waals surface area contributed by atoms with Crippen LogP contribution in [-0.2, 0) is 0 Å². The lowest BCUT2D eigenvalue weighted by atomic mass is 9.92. The first-order valence-corrected chi connectivity index (χ1v) is 8.92. The van der Waals surface area contributed by atoms with Gasteiger partial charge in [-0.15, -0.1) is 0 Å². The van der Waals surface area contributed by atoms with Crippen molar-refractivity contribution in [2.75, 3.05) is 18.8 Å². The molecule has 0 atom stereocenters. The van der Waals surface area contributed by atoms with Crippen LogP contribution in [0.25, 0.3) is 10.9 Å². The van der Waals surface area contributed by atoms with Gasteiger partial charge in [0.05, 0.1) is 5.56 Å². The standard InChI is InChI=1S/C15H17BrN4S/c1-2-21-20-5-3-10(4-6-20)14-13-8-12(16)7-11(9-17)15(13)19-18-14/h7-8,10H,2-6H2,1H3,(H,18,19). The van der Waals surface area contributed by atoms with E-state index in [0.717, 1.165) is 47.1 Å². The fraction of sp³-hybridized carbons (Fsp3) is 0.467. The Morgan fingerprint density at radius 1 is 1.48 bits per heavy atom. The summed E-state index contributed by atoms with van der Waals surface area (Å²) in [6.45, 7) is 4.42. The summed E-state index contributed by atoms with van der Waals surface area (Å²) in [6, 6.07) is 6.13. The third-order valence-corrected chi connectivity index (χ3v) is 5.39. The lowest BCUT2D eigenvalue weighted by molar-refractivity contribution is 0.343. The Kier molecular flexibility index (Phi) is 4.53. The topological polar surface area (TPSA) is 55.7 Å². The highest BCUT2D eigenvalue weighted by molar-refractivity contribution is 9.10. The molecule has 1 fully saturated rings. The number of aromatic nitrogens is 2. The van der Waals surface area contributed by atoms with E-state index in [1.165, 1.54) is 5.69 Å². The van der Waals surface area contributed by atoms with E-state index in [0.29, 0.717) is 11.5 Å². The van der Waals surface area contributed by atoms with Gasteiger partial charge < -0.3 is 0 Å². The molecule has 0 radical (unpaired) electrons. The minimum Gasteiger partial charge on any atom is -0.281 e. The molecular weight excluding hydrogens is 348 g/mol. The van der Waals surface area contributed by atoms with Crippen LogP contribution in [0.5, 0.6) is 0 Å². The van der Waals surface area contributed by atoms with Gasteiger partial charge in [0.25, 0.3) is 0 Å². The normalized spacial score (nSPS) is 17.2. The smallest absolute Gasteiger partial charge is 0.110 e. The fourth-order valence-electron chi connectivity index (χ4n) is 2.95.